The lowest BCUT2D eigenvalue weighted by Crippen LogP contribution is -2.37. The summed E-state index contributed by atoms with van der Waals surface area (Å²) in [5.74, 6) is 0.900. The molecule has 0 atom stereocenters. The Morgan fingerprint density at radius 3 is 2.44 bits per heavy atom. The van der Waals surface area contributed by atoms with Crippen LogP contribution >= 0.6 is 0 Å². The minimum Gasteiger partial charge on any atom is -0.390 e. The van der Waals surface area contributed by atoms with Gasteiger partial charge < -0.3 is 10.0 Å². The largest absolute Gasteiger partial charge is 0.390 e. The molecule has 1 aromatic heterocycles. The fourth-order valence-electron chi connectivity index (χ4n) is 2.58. The lowest BCUT2D eigenvalue weighted by Gasteiger charge is -2.38. The Hall–Kier alpha value is -1.16. The van der Waals surface area contributed by atoms with Crippen LogP contribution in [0.1, 0.15) is 45.2 Å². The van der Waals surface area contributed by atoms with Crippen molar-refractivity contribution in [3.8, 4) is 0 Å². The van der Waals surface area contributed by atoms with Gasteiger partial charge in [0, 0.05) is 13.1 Å². The van der Waals surface area contributed by atoms with E-state index in [-0.39, 0.29) is 6.61 Å². The molecule has 1 heterocycles. The first-order chi connectivity index (χ1) is 8.52. The molecule has 0 bridgehead atoms. The number of rotatable bonds is 3. The number of aromatic nitrogens is 2. The summed E-state index contributed by atoms with van der Waals surface area (Å²) in [5, 5.41) is 17.1. The summed E-state index contributed by atoms with van der Waals surface area (Å²) in [4.78, 5) is 2.23. The van der Waals surface area contributed by atoms with Gasteiger partial charge in [0.2, 0.25) is 0 Å². The highest BCUT2D eigenvalue weighted by Crippen LogP contribution is 2.37. The topological polar surface area (TPSA) is 49.2 Å². The average Bonchev–Trinajstić information content (AvgIpc) is 2.38. The first kappa shape index (κ1) is 13.3. The fourth-order valence-corrected chi connectivity index (χ4v) is 2.58. The van der Waals surface area contributed by atoms with Crippen LogP contribution in [-0.4, -0.2) is 28.4 Å². The second-order valence-corrected chi connectivity index (χ2v) is 6.05. The van der Waals surface area contributed by atoms with E-state index in [2.05, 4.69) is 36.0 Å². The molecule has 0 amide bonds. The molecule has 18 heavy (non-hydrogen) atoms. The molecular weight excluding hydrogens is 226 g/mol. The first-order valence-electron chi connectivity index (χ1n) is 6.68. The average molecular weight is 249 g/mol. The molecule has 4 nitrogen and oxygen atoms in total. The molecule has 0 saturated heterocycles. The van der Waals surface area contributed by atoms with Crippen molar-refractivity contribution in [3.63, 3.8) is 0 Å². The van der Waals surface area contributed by atoms with E-state index in [1.807, 2.05) is 12.1 Å². The van der Waals surface area contributed by atoms with E-state index in [4.69, 9.17) is 5.11 Å². The molecular formula is C14H23N3O. The van der Waals surface area contributed by atoms with Crippen LogP contribution in [0, 0.1) is 5.41 Å². The molecule has 1 fully saturated rings. The molecule has 0 unspecified atom stereocenters. The predicted octanol–water partition coefficient (Wildman–Crippen LogP) is 2.37. The zero-order valence-corrected chi connectivity index (χ0v) is 11.6. The van der Waals surface area contributed by atoms with Crippen molar-refractivity contribution in [1.82, 2.24) is 10.2 Å². The lowest BCUT2D eigenvalue weighted by atomic mass is 9.75. The molecule has 2 rings (SSSR count). The zero-order valence-electron chi connectivity index (χ0n) is 11.6. The summed E-state index contributed by atoms with van der Waals surface area (Å²) in [6.45, 7) is 4.65. The standard InChI is InChI=1S/C14H23N3O/c1-14(2)8-6-12(7-9-14)17(3)13-5-4-11(10-18)15-16-13/h4-5,12,18H,6-10H2,1-3H3. The molecule has 0 spiro atoms. The highest BCUT2D eigenvalue weighted by Gasteiger charge is 2.29. The Balaban J connectivity index is 2.00. The van der Waals surface area contributed by atoms with Gasteiger partial charge >= 0.3 is 0 Å². The third-order valence-electron chi connectivity index (χ3n) is 4.09. The van der Waals surface area contributed by atoms with E-state index in [1.165, 1.54) is 25.7 Å². The predicted molar refractivity (Wildman–Crippen MR) is 72.4 cm³/mol. The van der Waals surface area contributed by atoms with Crippen LogP contribution in [0.3, 0.4) is 0 Å². The number of nitrogens with zero attached hydrogens (tertiary/aromatic N) is 3. The quantitative estimate of drug-likeness (QED) is 0.893. The van der Waals surface area contributed by atoms with E-state index < -0.39 is 0 Å². The molecule has 1 saturated carbocycles. The number of aliphatic hydroxyl groups is 1. The van der Waals surface area contributed by atoms with Crippen LogP contribution in [0.4, 0.5) is 5.82 Å². The van der Waals surface area contributed by atoms with Crippen molar-refractivity contribution in [2.45, 2.75) is 52.2 Å². The van der Waals surface area contributed by atoms with Crippen LogP contribution < -0.4 is 4.90 Å². The van der Waals surface area contributed by atoms with E-state index in [9.17, 15) is 0 Å². The summed E-state index contributed by atoms with van der Waals surface area (Å²) in [7, 11) is 2.09. The summed E-state index contributed by atoms with van der Waals surface area (Å²) in [5.41, 5.74) is 1.11. The molecule has 1 aromatic rings. The van der Waals surface area contributed by atoms with Gasteiger partial charge in [-0.3, -0.25) is 0 Å². The van der Waals surface area contributed by atoms with Crippen LogP contribution in [0.25, 0.3) is 0 Å². The van der Waals surface area contributed by atoms with Gasteiger partial charge in [0.1, 0.15) is 0 Å². The van der Waals surface area contributed by atoms with Gasteiger partial charge in [-0.25, -0.2) is 0 Å². The summed E-state index contributed by atoms with van der Waals surface area (Å²) >= 11 is 0. The van der Waals surface area contributed by atoms with Crippen molar-refractivity contribution in [2.24, 2.45) is 5.41 Å². The molecule has 0 aliphatic heterocycles. The van der Waals surface area contributed by atoms with Crippen molar-refractivity contribution >= 4 is 5.82 Å². The Bertz CT molecular complexity index is 379. The highest BCUT2D eigenvalue weighted by atomic mass is 16.3. The van der Waals surface area contributed by atoms with Crippen LogP contribution in [0.2, 0.25) is 0 Å². The smallest absolute Gasteiger partial charge is 0.151 e. The highest BCUT2D eigenvalue weighted by molar-refractivity contribution is 5.37. The Kier molecular flexibility index (Phi) is 3.85. The SMILES string of the molecule is CN(c1ccc(CO)nn1)C1CCC(C)(C)CC1. The van der Waals surface area contributed by atoms with Crippen molar-refractivity contribution in [3.05, 3.63) is 17.8 Å². The van der Waals surface area contributed by atoms with Crippen LogP contribution in [0.5, 0.6) is 0 Å². The normalized spacial score (nSPS) is 19.8. The van der Waals surface area contributed by atoms with E-state index in [0.29, 0.717) is 17.2 Å². The summed E-state index contributed by atoms with van der Waals surface area (Å²) in [6.07, 6.45) is 4.97. The number of anilines is 1. The Labute approximate surface area is 109 Å². The monoisotopic (exact) mass is 249 g/mol. The van der Waals surface area contributed by atoms with Gasteiger partial charge in [0.25, 0.3) is 0 Å². The maximum atomic E-state index is 8.96. The number of hydrogen-bond donors (Lipinski definition) is 1. The van der Waals surface area contributed by atoms with E-state index in [0.717, 1.165) is 5.82 Å². The van der Waals surface area contributed by atoms with Crippen molar-refractivity contribution < 1.29 is 5.11 Å². The van der Waals surface area contributed by atoms with E-state index >= 15 is 0 Å². The maximum absolute atomic E-state index is 8.96. The molecule has 1 aliphatic carbocycles. The zero-order chi connectivity index (χ0) is 13.2. The van der Waals surface area contributed by atoms with Gasteiger partial charge in [-0.15, -0.1) is 5.10 Å². The molecule has 0 radical (unpaired) electrons. The van der Waals surface area contributed by atoms with Gasteiger partial charge in [-0.05, 0) is 43.2 Å². The minimum atomic E-state index is -0.0470. The van der Waals surface area contributed by atoms with Crippen LogP contribution in [0.15, 0.2) is 12.1 Å². The third kappa shape index (κ3) is 2.99. The third-order valence-corrected chi connectivity index (χ3v) is 4.09. The molecule has 0 aromatic carbocycles. The second-order valence-electron chi connectivity index (χ2n) is 6.05. The van der Waals surface area contributed by atoms with E-state index in [1.54, 1.807) is 0 Å². The summed E-state index contributed by atoms with van der Waals surface area (Å²) < 4.78 is 0. The Morgan fingerprint density at radius 2 is 1.94 bits per heavy atom. The van der Waals surface area contributed by atoms with Crippen molar-refractivity contribution in [2.75, 3.05) is 11.9 Å². The summed E-state index contributed by atoms with van der Waals surface area (Å²) in [6, 6.07) is 4.34. The minimum absolute atomic E-state index is 0.0470. The molecule has 4 heteroatoms. The van der Waals surface area contributed by atoms with Gasteiger partial charge in [-0.2, -0.15) is 5.10 Å². The molecule has 100 valence electrons. The second kappa shape index (κ2) is 5.22. The van der Waals surface area contributed by atoms with Gasteiger partial charge in [-0.1, -0.05) is 13.8 Å². The maximum Gasteiger partial charge on any atom is 0.151 e. The number of hydrogen-bond acceptors (Lipinski definition) is 4. The number of aliphatic hydroxyl groups excluding tert-OH is 1. The van der Waals surface area contributed by atoms with Crippen LogP contribution in [-0.2, 0) is 6.61 Å². The molecule has 1 N–H and O–H groups in total. The fraction of sp³-hybridized carbons (Fsp3) is 0.714. The lowest BCUT2D eigenvalue weighted by molar-refractivity contribution is 0.222. The molecule has 1 aliphatic rings. The van der Waals surface area contributed by atoms with Gasteiger partial charge in [0.15, 0.2) is 5.82 Å². The van der Waals surface area contributed by atoms with Crippen molar-refractivity contribution in [1.29, 1.82) is 0 Å². The Morgan fingerprint density at radius 1 is 1.28 bits per heavy atom. The van der Waals surface area contributed by atoms with Gasteiger partial charge in [0.05, 0.1) is 12.3 Å². The first-order valence-corrected chi connectivity index (χ1v) is 6.68.